The van der Waals surface area contributed by atoms with Crippen LogP contribution in [-0.4, -0.2) is 78.9 Å². The van der Waals surface area contributed by atoms with Gasteiger partial charge in [-0.25, -0.2) is 0 Å². The van der Waals surface area contributed by atoms with Crippen molar-refractivity contribution < 1.29 is 28.4 Å². The molecule has 62 heavy (non-hydrogen) atoms. The maximum absolute atomic E-state index is 14.3. The molecule has 11 heteroatoms. The molecule has 0 spiro atoms. The van der Waals surface area contributed by atoms with E-state index < -0.39 is 49.9 Å². The number of hydrogen-bond donors (Lipinski definition) is 3. The highest BCUT2D eigenvalue weighted by Gasteiger charge is 2.51. The number of ketones is 1. The van der Waals surface area contributed by atoms with Crippen LogP contribution in [0.2, 0.25) is 5.04 Å². The van der Waals surface area contributed by atoms with Crippen molar-refractivity contribution in [2.45, 2.75) is 134 Å². The number of nitrogens with zero attached hydrogens (tertiary/aromatic N) is 1. The van der Waals surface area contributed by atoms with E-state index in [1.807, 2.05) is 105 Å². The minimum absolute atomic E-state index is 0.0215. The van der Waals surface area contributed by atoms with E-state index in [2.05, 4.69) is 61.0 Å². The summed E-state index contributed by atoms with van der Waals surface area (Å²) in [5.74, 6) is -1.58. The Morgan fingerprint density at radius 2 is 1.35 bits per heavy atom. The molecule has 2 heterocycles. The van der Waals surface area contributed by atoms with Gasteiger partial charge in [-0.1, -0.05) is 156 Å². The summed E-state index contributed by atoms with van der Waals surface area (Å²) >= 11 is 0. The van der Waals surface area contributed by atoms with Crippen molar-refractivity contribution in [2.24, 2.45) is 0 Å². The summed E-state index contributed by atoms with van der Waals surface area (Å²) in [6, 6.07) is 35.8. The monoisotopic (exact) mass is 856 g/mol. The van der Waals surface area contributed by atoms with Gasteiger partial charge in [-0.2, -0.15) is 0 Å². The van der Waals surface area contributed by atoms with Crippen LogP contribution in [0.1, 0.15) is 98.5 Å². The minimum Gasteiger partial charge on any atom is -0.398 e. The lowest BCUT2D eigenvalue weighted by atomic mass is 9.94. The molecule has 2 aliphatic rings. The summed E-state index contributed by atoms with van der Waals surface area (Å²) in [4.78, 5) is 71.7. The van der Waals surface area contributed by atoms with Gasteiger partial charge < -0.3 is 25.3 Å². The van der Waals surface area contributed by atoms with Crippen molar-refractivity contribution in [2.75, 3.05) is 6.54 Å². The van der Waals surface area contributed by atoms with E-state index in [1.54, 1.807) is 11.8 Å². The standard InChI is InChI=1S/C51H64N4O6Si/c1-7-51(6)49(60)53-43(35-37-30-32-39(33-31-37)38-21-12-8-13-22-38)48(59)55-34-20-28-44(55)47(58)52-42(46(57)54-51)27-18-11-19-29-45(56)36(2)61-62(50(3,4)5,40-23-14-9-15-24-40)41-25-16-10-17-26-41/h8-10,12-17,21-26,30-33,36,42-44H,7,11,18-20,27-29,34-35H2,1-6H3,(H,52,58)(H,53,60)(H,54,57)/t36-,42+,43+,44-,51+/m1/s1. The van der Waals surface area contributed by atoms with E-state index in [1.165, 1.54) is 0 Å². The smallest absolute Gasteiger partial charge is 0.262 e. The van der Waals surface area contributed by atoms with E-state index in [4.69, 9.17) is 4.43 Å². The van der Waals surface area contributed by atoms with Crippen LogP contribution in [0.3, 0.4) is 0 Å². The van der Waals surface area contributed by atoms with Gasteiger partial charge in [-0.15, -0.1) is 0 Å². The molecule has 0 aromatic heterocycles. The third-order valence-corrected chi connectivity index (χ3v) is 17.9. The van der Waals surface area contributed by atoms with Gasteiger partial charge in [-0.3, -0.25) is 24.0 Å². The number of Topliss-reactive ketones (excluding diaryl/α,β-unsaturated/α-hetero) is 1. The zero-order valence-electron chi connectivity index (χ0n) is 37.2. The van der Waals surface area contributed by atoms with E-state index in [-0.39, 0.29) is 35.5 Å². The number of hydrogen-bond acceptors (Lipinski definition) is 6. The Morgan fingerprint density at radius 3 is 1.94 bits per heavy atom. The molecule has 3 N–H and O–H groups in total. The fourth-order valence-electron chi connectivity index (χ4n) is 8.97. The fraction of sp³-hybridized carbons (Fsp3) is 0.431. The molecule has 4 aromatic rings. The van der Waals surface area contributed by atoms with Crippen molar-refractivity contribution in [3.63, 3.8) is 0 Å². The summed E-state index contributed by atoms with van der Waals surface area (Å²) in [6.07, 6.45) is 3.37. The van der Waals surface area contributed by atoms with E-state index in [9.17, 15) is 24.0 Å². The second-order valence-corrected chi connectivity index (χ2v) is 22.5. The first kappa shape index (κ1) is 46.1. The average Bonchev–Trinajstić information content (AvgIpc) is 3.78. The summed E-state index contributed by atoms with van der Waals surface area (Å²) < 4.78 is 7.05. The zero-order valence-corrected chi connectivity index (χ0v) is 38.2. The topological polar surface area (TPSA) is 134 Å². The van der Waals surface area contributed by atoms with Crippen LogP contribution in [0, 0.1) is 0 Å². The predicted molar refractivity (Wildman–Crippen MR) is 247 cm³/mol. The fourth-order valence-corrected chi connectivity index (χ4v) is 13.6. The van der Waals surface area contributed by atoms with Gasteiger partial charge in [0, 0.05) is 19.4 Å². The molecule has 328 valence electrons. The van der Waals surface area contributed by atoms with Gasteiger partial charge in [-0.05, 0) is 78.1 Å². The second-order valence-electron chi connectivity index (χ2n) is 18.2. The number of carbonyl (C=O) groups excluding carboxylic acids is 5. The van der Waals surface area contributed by atoms with Crippen LogP contribution in [0.25, 0.3) is 11.1 Å². The molecule has 0 saturated carbocycles. The van der Waals surface area contributed by atoms with E-state index in [0.717, 1.165) is 27.1 Å². The van der Waals surface area contributed by atoms with Gasteiger partial charge in [0.15, 0.2) is 5.78 Å². The van der Waals surface area contributed by atoms with Crippen molar-refractivity contribution in [3.05, 3.63) is 121 Å². The van der Waals surface area contributed by atoms with Crippen LogP contribution < -0.4 is 26.3 Å². The van der Waals surface area contributed by atoms with Gasteiger partial charge >= 0.3 is 0 Å². The van der Waals surface area contributed by atoms with Gasteiger partial charge in [0.2, 0.25) is 23.6 Å². The molecule has 0 bridgehead atoms. The first-order valence-electron chi connectivity index (χ1n) is 22.4. The molecule has 10 nitrogen and oxygen atoms in total. The summed E-state index contributed by atoms with van der Waals surface area (Å²) in [5, 5.41) is 10.9. The molecule has 4 amide bonds. The van der Waals surface area contributed by atoms with E-state index in [0.29, 0.717) is 51.5 Å². The molecule has 4 aromatic carbocycles. The summed E-state index contributed by atoms with van der Waals surface area (Å²) in [6.45, 7) is 12.3. The lowest BCUT2D eigenvalue weighted by molar-refractivity contribution is -0.144. The van der Waals surface area contributed by atoms with Crippen LogP contribution in [-0.2, 0) is 34.8 Å². The lowest BCUT2D eigenvalue weighted by Gasteiger charge is -2.44. The largest absolute Gasteiger partial charge is 0.398 e. The highest BCUT2D eigenvalue weighted by Crippen LogP contribution is 2.38. The number of nitrogens with one attached hydrogen (secondary N) is 3. The third kappa shape index (κ3) is 10.4. The van der Waals surface area contributed by atoms with Crippen LogP contribution in [0.15, 0.2) is 115 Å². The number of benzene rings is 4. The Bertz CT molecular complexity index is 2120. The first-order chi connectivity index (χ1) is 29.7. The van der Waals surface area contributed by atoms with Gasteiger partial charge in [0.25, 0.3) is 8.32 Å². The van der Waals surface area contributed by atoms with Crippen molar-refractivity contribution in [1.29, 1.82) is 0 Å². The molecule has 2 fully saturated rings. The van der Waals surface area contributed by atoms with Crippen molar-refractivity contribution >= 4 is 48.1 Å². The Kier molecular flexibility index (Phi) is 15.0. The molecule has 5 atom stereocenters. The second kappa shape index (κ2) is 20.2. The molecular formula is C51H64N4O6Si. The van der Waals surface area contributed by atoms with Crippen LogP contribution >= 0.6 is 0 Å². The van der Waals surface area contributed by atoms with Crippen molar-refractivity contribution in [3.8, 4) is 11.1 Å². The maximum atomic E-state index is 14.3. The third-order valence-electron chi connectivity index (χ3n) is 12.8. The molecule has 0 aliphatic carbocycles. The normalized spacial score (nSPS) is 21.8. The average molecular weight is 857 g/mol. The van der Waals surface area contributed by atoms with Gasteiger partial charge in [0.1, 0.15) is 29.8 Å². The van der Waals surface area contributed by atoms with Crippen LogP contribution in [0.4, 0.5) is 0 Å². The summed E-state index contributed by atoms with van der Waals surface area (Å²) in [5.41, 5.74) is 1.63. The Morgan fingerprint density at radius 1 is 0.774 bits per heavy atom. The number of amides is 4. The van der Waals surface area contributed by atoms with Crippen LogP contribution in [0.5, 0.6) is 0 Å². The molecule has 0 radical (unpaired) electrons. The molecule has 6 rings (SSSR count). The minimum atomic E-state index is -2.92. The number of carbonyl (C=O) groups is 5. The lowest BCUT2D eigenvalue weighted by Crippen LogP contribution is -2.68. The zero-order chi connectivity index (χ0) is 44.5. The Hall–Kier alpha value is -5.39. The number of rotatable bonds is 15. The van der Waals surface area contributed by atoms with Gasteiger partial charge in [0.05, 0.1) is 0 Å². The van der Waals surface area contributed by atoms with Crippen molar-refractivity contribution in [1.82, 2.24) is 20.9 Å². The molecule has 2 saturated heterocycles. The highest BCUT2D eigenvalue weighted by molar-refractivity contribution is 6.99. The summed E-state index contributed by atoms with van der Waals surface area (Å²) in [7, 11) is -2.92. The number of fused-ring (bicyclic) bond motifs is 1. The quantitative estimate of drug-likeness (QED) is 0.0908. The highest BCUT2D eigenvalue weighted by atomic mass is 28.4. The SMILES string of the molecule is CC[C@]1(C)NC(=O)[C@H](CCCCCC(=O)[C@@H](C)O[Si](c2ccccc2)(c2ccccc2)C(C)(C)C)NC(=O)[C@H]2CCCN2C(=O)[C@H](Cc2ccc(-c3ccccc3)cc2)NC1=O. The molecule has 2 aliphatic heterocycles. The molecular weight excluding hydrogens is 793 g/mol. The van der Waals surface area contributed by atoms with E-state index >= 15 is 0 Å². The maximum Gasteiger partial charge on any atom is 0.262 e. The Labute approximate surface area is 368 Å². The number of unbranched alkanes of at least 4 members (excludes halogenated alkanes) is 2. The predicted octanol–water partition coefficient (Wildman–Crippen LogP) is 6.64. The Balaban J connectivity index is 1.11. The first-order valence-corrected chi connectivity index (χ1v) is 24.3. The molecule has 0 unspecified atom stereocenters.